The Kier molecular flexibility index (Phi) is 4.22. The zero-order chi connectivity index (χ0) is 16.5. The van der Waals surface area contributed by atoms with Crippen molar-refractivity contribution in [3.63, 3.8) is 0 Å². The lowest BCUT2D eigenvalue weighted by Crippen LogP contribution is -2.01. The predicted molar refractivity (Wildman–Crippen MR) is 97.7 cm³/mol. The summed E-state index contributed by atoms with van der Waals surface area (Å²) in [6, 6.07) is 7.82. The molecule has 0 heterocycles. The van der Waals surface area contributed by atoms with Crippen molar-refractivity contribution in [3.8, 4) is 22.6 Å². The van der Waals surface area contributed by atoms with Gasteiger partial charge in [0.2, 0.25) is 0 Å². The Morgan fingerprint density at radius 1 is 0.500 bits per heavy atom. The van der Waals surface area contributed by atoms with Gasteiger partial charge >= 0.3 is 0 Å². The van der Waals surface area contributed by atoms with Crippen molar-refractivity contribution in [2.75, 3.05) is 0 Å². The highest BCUT2D eigenvalue weighted by molar-refractivity contribution is 5.83. The van der Waals surface area contributed by atoms with Crippen molar-refractivity contribution >= 4 is 0 Å². The van der Waals surface area contributed by atoms with E-state index in [0.29, 0.717) is 11.5 Å². The molecule has 0 fully saturated rings. The average Bonchev–Trinajstić information content (AvgIpc) is 2.96. The van der Waals surface area contributed by atoms with E-state index < -0.39 is 0 Å². The lowest BCUT2D eigenvalue weighted by molar-refractivity contribution is 0.467. The van der Waals surface area contributed by atoms with Gasteiger partial charge in [0.05, 0.1) is 0 Å². The Balaban J connectivity index is 1.97. The van der Waals surface area contributed by atoms with Gasteiger partial charge < -0.3 is 10.2 Å². The van der Waals surface area contributed by atoms with E-state index in [1.54, 1.807) is 0 Å². The molecule has 0 amide bonds. The van der Waals surface area contributed by atoms with Gasteiger partial charge in [-0.25, -0.2) is 0 Å². The molecule has 0 spiro atoms. The van der Waals surface area contributed by atoms with Gasteiger partial charge in [0.25, 0.3) is 0 Å². The van der Waals surface area contributed by atoms with Crippen LogP contribution in [0.4, 0.5) is 0 Å². The molecular formula is C22H26O2. The lowest BCUT2D eigenvalue weighted by Gasteiger charge is -2.20. The average molecular weight is 322 g/mol. The second-order valence-electron chi connectivity index (χ2n) is 7.32. The first-order chi connectivity index (χ1) is 11.8. The maximum atomic E-state index is 10.7. The third-order valence-corrected chi connectivity index (χ3v) is 5.77. The van der Waals surface area contributed by atoms with Crippen molar-refractivity contribution in [1.29, 1.82) is 0 Å². The maximum Gasteiger partial charge on any atom is 0.123 e. The van der Waals surface area contributed by atoms with E-state index in [9.17, 15) is 10.2 Å². The summed E-state index contributed by atoms with van der Waals surface area (Å²) in [5.41, 5.74) is 7.05. The molecule has 2 aliphatic carbocycles. The fourth-order valence-electron chi connectivity index (χ4n) is 4.54. The summed E-state index contributed by atoms with van der Waals surface area (Å²) in [7, 11) is 0. The maximum absolute atomic E-state index is 10.7. The Morgan fingerprint density at radius 2 is 0.917 bits per heavy atom. The zero-order valence-electron chi connectivity index (χ0n) is 14.3. The van der Waals surface area contributed by atoms with Crippen LogP contribution < -0.4 is 0 Å². The molecule has 0 atom stereocenters. The Hall–Kier alpha value is -1.96. The van der Waals surface area contributed by atoms with Crippen molar-refractivity contribution in [1.82, 2.24) is 0 Å². The third kappa shape index (κ3) is 2.68. The third-order valence-electron chi connectivity index (χ3n) is 5.77. The molecule has 2 aliphatic rings. The number of benzene rings is 2. The van der Waals surface area contributed by atoms with Gasteiger partial charge in [0.15, 0.2) is 0 Å². The van der Waals surface area contributed by atoms with E-state index in [2.05, 4.69) is 12.1 Å². The van der Waals surface area contributed by atoms with Crippen LogP contribution in [-0.2, 0) is 25.7 Å². The predicted octanol–water partition coefficient (Wildman–Crippen LogP) is 5.30. The zero-order valence-corrected chi connectivity index (χ0v) is 14.3. The standard InChI is InChI=1S/C22H26O2/c23-19-13-11-15-7-3-1-5-9-17(15)21(19)22-18-10-6-2-4-8-16(18)12-14-20(22)24/h11-14,23-24H,1-10H2. The van der Waals surface area contributed by atoms with Crippen LogP contribution in [0.3, 0.4) is 0 Å². The van der Waals surface area contributed by atoms with E-state index in [-0.39, 0.29) is 0 Å². The van der Waals surface area contributed by atoms with Crippen LogP contribution in [0.15, 0.2) is 24.3 Å². The molecule has 2 aromatic carbocycles. The summed E-state index contributed by atoms with van der Waals surface area (Å²) in [6.45, 7) is 0. The highest BCUT2D eigenvalue weighted by atomic mass is 16.3. The molecule has 2 N–H and O–H groups in total. The molecule has 2 nitrogen and oxygen atoms in total. The van der Waals surface area contributed by atoms with Crippen LogP contribution in [0.2, 0.25) is 0 Å². The molecule has 0 saturated heterocycles. The minimum atomic E-state index is 0.323. The Morgan fingerprint density at radius 3 is 1.38 bits per heavy atom. The molecule has 4 rings (SSSR count). The van der Waals surface area contributed by atoms with E-state index in [0.717, 1.165) is 36.8 Å². The van der Waals surface area contributed by atoms with E-state index in [1.165, 1.54) is 60.8 Å². The second kappa shape index (κ2) is 6.51. The molecule has 24 heavy (non-hydrogen) atoms. The van der Waals surface area contributed by atoms with Crippen LogP contribution in [0, 0.1) is 0 Å². The van der Waals surface area contributed by atoms with Gasteiger partial charge in [-0.15, -0.1) is 0 Å². The van der Waals surface area contributed by atoms with Crippen molar-refractivity contribution in [3.05, 3.63) is 46.5 Å². The van der Waals surface area contributed by atoms with Gasteiger partial charge in [-0.2, -0.15) is 0 Å². The molecule has 2 heteroatoms. The molecule has 0 bridgehead atoms. The summed E-state index contributed by atoms with van der Waals surface area (Å²) in [6.07, 6.45) is 11.4. The molecule has 0 aromatic heterocycles. The fraction of sp³-hybridized carbons (Fsp3) is 0.455. The highest BCUT2D eigenvalue weighted by Crippen LogP contribution is 2.45. The topological polar surface area (TPSA) is 40.5 Å². The lowest BCUT2D eigenvalue weighted by atomic mass is 9.86. The summed E-state index contributed by atoms with van der Waals surface area (Å²) in [4.78, 5) is 0. The van der Waals surface area contributed by atoms with Crippen LogP contribution >= 0.6 is 0 Å². The normalized spacial score (nSPS) is 17.5. The number of hydrogen-bond donors (Lipinski definition) is 2. The quantitative estimate of drug-likeness (QED) is 0.699. The van der Waals surface area contributed by atoms with Crippen LogP contribution in [0.25, 0.3) is 11.1 Å². The largest absolute Gasteiger partial charge is 0.507 e. The molecule has 0 unspecified atom stereocenters. The van der Waals surface area contributed by atoms with Crippen LogP contribution in [-0.4, -0.2) is 10.2 Å². The molecule has 0 aliphatic heterocycles. The fourth-order valence-corrected chi connectivity index (χ4v) is 4.54. The minimum absolute atomic E-state index is 0.323. The smallest absolute Gasteiger partial charge is 0.123 e. The first-order valence-corrected chi connectivity index (χ1v) is 9.43. The summed E-state index contributed by atoms with van der Waals surface area (Å²) in [5.74, 6) is 0.646. The van der Waals surface area contributed by atoms with Gasteiger partial charge in [0.1, 0.15) is 11.5 Å². The summed E-state index contributed by atoms with van der Waals surface area (Å²) >= 11 is 0. The Bertz CT molecular complexity index is 696. The second-order valence-corrected chi connectivity index (χ2v) is 7.32. The minimum Gasteiger partial charge on any atom is -0.507 e. The van der Waals surface area contributed by atoms with E-state index in [4.69, 9.17) is 0 Å². The number of aryl methyl sites for hydroxylation is 2. The highest BCUT2D eigenvalue weighted by Gasteiger charge is 2.23. The SMILES string of the molecule is Oc1ccc2c(c1-c1c(O)ccc3c1CCCCC3)CCCCC2. The van der Waals surface area contributed by atoms with E-state index >= 15 is 0 Å². The first kappa shape index (κ1) is 15.6. The molecule has 0 radical (unpaired) electrons. The number of phenolic OH excluding ortho intramolecular Hbond substituents is 2. The van der Waals surface area contributed by atoms with Gasteiger partial charge in [-0.05, 0) is 85.8 Å². The number of rotatable bonds is 1. The summed E-state index contributed by atoms with van der Waals surface area (Å²) < 4.78 is 0. The molecule has 0 saturated carbocycles. The molecule has 126 valence electrons. The molecular weight excluding hydrogens is 296 g/mol. The van der Waals surface area contributed by atoms with Gasteiger partial charge in [-0.1, -0.05) is 25.0 Å². The monoisotopic (exact) mass is 322 g/mol. The van der Waals surface area contributed by atoms with Crippen molar-refractivity contribution in [2.45, 2.75) is 64.2 Å². The number of fused-ring (bicyclic) bond motifs is 2. The van der Waals surface area contributed by atoms with Crippen LogP contribution in [0.1, 0.15) is 60.8 Å². The summed E-state index contributed by atoms with van der Waals surface area (Å²) in [5, 5.41) is 21.4. The van der Waals surface area contributed by atoms with Crippen molar-refractivity contribution < 1.29 is 10.2 Å². The van der Waals surface area contributed by atoms with Crippen LogP contribution in [0.5, 0.6) is 11.5 Å². The Labute approximate surface area is 144 Å². The van der Waals surface area contributed by atoms with Gasteiger partial charge in [0, 0.05) is 11.1 Å². The van der Waals surface area contributed by atoms with E-state index in [1.807, 2.05) is 12.1 Å². The number of aromatic hydroxyl groups is 2. The van der Waals surface area contributed by atoms with Gasteiger partial charge in [-0.3, -0.25) is 0 Å². The first-order valence-electron chi connectivity index (χ1n) is 9.43. The number of hydrogen-bond acceptors (Lipinski definition) is 2. The number of phenols is 2. The van der Waals surface area contributed by atoms with Crippen molar-refractivity contribution in [2.24, 2.45) is 0 Å². The molecule has 2 aromatic rings.